The molecule has 5 nitrogen and oxygen atoms in total. The number of halogens is 2. The Balaban J connectivity index is 0.00000338. The van der Waals surface area contributed by atoms with Crippen LogP contribution in [-0.2, 0) is 10.5 Å². The molecule has 1 aromatic rings. The number of guanidine groups is 1. The summed E-state index contributed by atoms with van der Waals surface area (Å²) in [5.41, 5.74) is 0.726. The van der Waals surface area contributed by atoms with Gasteiger partial charge in [-0.1, -0.05) is 18.2 Å². The maximum absolute atomic E-state index is 13.5. The molecule has 1 aliphatic heterocycles. The minimum atomic E-state index is -0.154. The van der Waals surface area contributed by atoms with E-state index >= 15 is 0 Å². The monoisotopic (exact) mass is 494 g/mol. The van der Waals surface area contributed by atoms with E-state index in [1.165, 1.54) is 6.07 Å². The van der Waals surface area contributed by atoms with E-state index in [0.717, 1.165) is 43.8 Å². The predicted molar refractivity (Wildman–Crippen MR) is 118 cm³/mol. The molecule has 26 heavy (non-hydrogen) atoms. The highest BCUT2D eigenvalue weighted by molar-refractivity contribution is 14.0. The Morgan fingerprint density at radius 2 is 2.00 bits per heavy atom. The highest BCUT2D eigenvalue weighted by Gasteiger charge is 2.17. The van der Waals surface area contributed by atoms with Crippen molar-refractivity contribution in [1.82, 2.24) is 15.5 Å². The van der Waals surface area contributed by atoms with Gasteiger partial charge < -0.3 is 15.5 Å². The number of nitrogens with zero attached hydrogens (tertiary/aromatic N) is 2. The number of hydrogen-bond donors (Lipinski definition) is 2. The molecule has 0 unspecified atom stereocenters. The first kappa shape index (κ1) is 23.0. The van der Waals surface area contributed by atoms with Crippen molar-refractivity contribution in [2.24, 2.45) is 4.99 Å². The van der Waals surface area contributed by atoms with Gasteiger partial charge in [0.25, 0.3) is 0 Å². The van der Waals surface area contributed by atoms with Crippen LogP contribution in [0.25, 0.3) is 0 Å². The van der Waals surface area contributed by atoms with Crippen molar-refractivity contribution < 1.29 is 9.18 Å². The molecule has 0 aromatic heterocycles. The van der Waals surface area contributed by atoms with Gasteiger partial charge in [-0.15, -0.1) is 24.0 Å². The quantitative estimate of drug-likeness (QED) is 0.253. The number of carbonyl (C=O) groups excluding carboxylic acids is 1. The molecule has 0 aliphatic carbocycles. The summed E-state index contributed by atoms with van der Waals surface area (Å²) >= 11 is 1.66. The van der Waals surface area contributed by atoms with Crippen LogP contribution in [-0.4, -0.2) is 55.2 Å². The second-order valence-corrected chi connectivity index (χ2v) is 6.96. The van der Waals surface area contributed by atoms with Crippen molar-refractivity contribution in [1.29, 1.82) is 0 Å². The van der Waals surface area contributed by atoms with Gasteiger partial charge in [-0.3, -0.25) is 4.79 Å². The Hall–Kier alpha value is -1.03. The lowest BCUT2D eigenvalue weighted by Gasteiger charge is -2.15. The molecule has 1 amide bonds. The fraction of sp³-hybridized carbons (Fsp3) is 0.556. The zero-order valence-corrected chi connectivity index (χ0v) is 18.3. The van der Waals surface area contributed by atoms with Gasteiger partial charge in [0.05, 0.1) is 0 Å². The van der Waals surface area contributed by atoms with Gasteiger partial charge in [0.15, 0.2) is 5.96 Å². The second-order valence-electron chi connectivity index (χ2n) is 5.85. The average molecular weight is 494 g/mol. The highest BCUT2D eigenvalue weighted by Crippen LogP contribution is 2.14. The number of likely N-dealkylation sites (tertiary alicyclic amines) is 1. The predicted octanol–water partition coefficient (Wildman–Crippen LogP) is 2.85. The largest absolute Gasteiger partial charge is 0.357 e. The highest BCUT2D eigenvalue weighted by atomic mass is 127. The Morgan fingerprint density at radius 3 is 2.69 bits per heavy atom. The van der Waals surface area contributed by atoms with Crippen molar-refractivity contribution in [3.8, 4) is 0 Å². The fourth-order valence-electron chi connectivity index (χ4n) is 2.59. The van der Waals surface area contributed by atoms with Crippen LogP contribution in [0.15, 0.2) is 29.3 Å². The summed E-state index contributed by atoms with van der Waals surface area (Å²) < 4.78 is 13.5. The van der Waals surface area contributed by atoms with Crippen LogP contribution in [0.2, 0.25) is 0 Å². The van der Waals surface area contributed by atoms with E-state index in [9.17, 15) is 9.18 Å². The molecule has 146 valence electrons. The second kappa shape index (κ2) is 13.2. The number of carbonyl (C=O) groups is 1. The first-order valence-corrected chi connectivity index (χ1v) is 9.97. The molecular weight excluding hydrogens is 466 g/mol. The van der Waals surface area contributed by atoms with Crippen LogP contribution in [0, 0.1) is 5.82 Å². The van der Waals surface area contributed by atoms with E-state index in [-0.39, 0.29) is 42.2 Å². The molecule has 0 saturated carbocycles. The summed E-state index contributed by atoms with van der Waals surface area (Å²) in [4.78, 5) is 18.3. The number of thioether (sulfide) groups is 1. The molecule has 1 fully saturated rings. The van der Waals surface area contributed by atoms with Gasteiger partial charge in [0.1, 0.15) is 12.4 Å². The third kappa shape index (κ3) is 8.11. The van der Waals surface area contributed by atoms with Crippen molar-refractivity contribution in [2.45, 2.75) is 25.5 Å². The summed E-state index contributed by atoms with van der Waals surface area (Å²) in [5, 5.41) is 6.37. The molecular formula is C18H28FIN4OS. The molecule has 1 aromatic carbocycles. The van der Waals surface area contributed by atoms with Crippen LogP contribution in [0.3, 0.4) is 0 Å². The zero-order chi connectivity index (χ0) is 17.9. The Morgan fingerprint density at radius 1 is 1.27 bits per heavy atom. The van der Waals surface area contributed by atoms with Gasteiger partial charge in [0.2, 0.25) is 5.91 Å². The summed E-state index contributed by atoms with van der Waals surface area (Å²) in [6, 6.07) is 6.85. The van der Waals surface area contributed by atoms with Crippen molar-refractivity contribution in [3.63, 3.8) is 0 Å². The lowest BCUT2D eigenvalue weighted by molar-refractivity contribution is -0.128. The van der Waals surface area contributed by atoms with Gasteiger partial charge in [-0.25, -0.2) is 9.38 Å². The van der Waals surface area contributed by atoms with E-state index in [1.54, 1.807) is 17.8 Å². The first-order valence-electron chi connectivity index (χ1n) is 8.82. The van der Waals surface area contributed by atoms with E-state index in [2.05, 4.69) is 15.6 Å². The van der Waals surface area contributed by atoms with E-state index in [0.29, 0.717) is 18.3 Å². The summed E-state index contributed by atoms with van der Waals surface area (Å²) in [5.74, 6) is 2.07. The molecule has 8 heteroatoms. The first-order chi connectivity index (χ1) is 12.2. The summed E-state index contributed by atoms with van der Waals surface area (Å²) in [7, 11) is 0. The van der Waals surface area contributed by atoms with E-state index in [4.69, 9.17) is 0 Å². The van der Waals surface area contributed by atoms with Crippen LogP contribution in [0.5, 0.6) is 0 Å². The Bertz CT molecular complexity index is 582. The molecule has 1 saturated heterocycles. The standard InChI is InChI=1S/C18H27FN4OS.HI/c1-2-20-18(22-13-17(24)23-10-5-6-11-23)21-9-12-25-14-15-7-3-4-8-16(15)19;/h3-4,7-8H,2,5-6,9-14H2,1H3,(H2,20,21,22);1H. The zero-order valence-electron chi connectivity index (χ0n) is 15.2. The van der Waals surface area contributed by atoms with Crippen LogP contribution in [0.4, 0.5) is 4.39 Å². The Labute approximate surface area is 176 Å². The smallest absolute Gasteiger partial charge is 0.244 e. The number of rotatable bonds is 8. The van der Waals surface area contributed by atoms with Gasteiger partial charge in [-0.05, 0) is 31.4 Å². The topological polar surface area (TPSA) is 56.7 Å². The van der Waals surface area contributed by atoms with Gasteiger partial charge >= 0.3 is 0 Å². The molecule has 0 bridgehead atoms. The third-order valence-corrected chi connectivity index (χ3v) is 4.94. The number of hydrogen-bond acceptors (Lipinski definition) is 3. The average Bonchev–Trinajstić information content (AvgIpc) is 3.15. The molecule has 0 atom stereocenters. The molecule has 0 spiro atoms. The minimum absolute atomic E-state index is 0. The van der Waals surface area contributed by atoms with Crippen molar-refractivity contribution in [3.05, 3.63) is 35.6 Å². The maximum Gasteiger partial charge on any atom is 0.244 e. The van der Waals surface area contributed by atoms with Crippen molar-refractivity contribution in [2.75, 3.05) is 38.5 Å². The minimum Gasteiger partial charge on any atom is -0.357 e. The lowest BCUT2D eigenvalue weighted by atomic mass is 10.2. The van der Waals surface area contributed by atoms with Crippen LogP contribution >= 0.6 is 35.7 Å². The number of aliphatic imine (C=N–C) groups is 1. The molecule has 2 rings (SSSR count). The summed E-state index contributed by atoms with van der Waals surface area (Å²) in [6.45, 7) is 5.33. The fourth-order valence-corrected chi connectivity index (χ4v) is 3.44. The SMILES string of the molecule is CCNC(=NCC(=O)N1CCCC1)NCCSCc1ccccc1F.I. The normalized spacial score (nSPS) is 14.1. The third-order valence-electron chi connectivity index (χ3n) is 3.93. The number of amides is 1. The number of nitrogens with one attached hydrogen (secondary N) is 2. The van der Waals surface area contributed by atoms with Crippen LogP contribution in [0.1, 0.15) is 25.3 Å². The van der Waals surface area contributed by atoms with E-state index in [1.807, 2.05) is 24.0 Å². The molecule has 2 N–H and O–H groups in total. The Kier molecular flexibility index (Phi) is 11.7. The molecule has 1 heterocycles. The summed E-state index contributed by atoms with van der Waals surface area (Å²) in [6.07, 6.45) is 2.18. The molecule has 1 aliphatic rings. The maximum atomic E-state index is 13.5. The van der Waals surface area contributed by atoms with Gasteiger partial charge in [-0.2, -0.15) is 11.8 Å². The lowest BCUT2D eigenvalue weighted by Crippen LogP contribution is -2.39. The van der Waals surface area contributed by atoms with Gasteiger partial charge in [0, 0.05) is 37.7 Å². The van der Waals surface area contributed by atoms with Crippen molar-refractivity contribution >= 4 is 47.6 Å². The van der Waals surface area contributed by atoms with E-state index < -0.39 is 0 Å². The molecule has 0 radical (unpaired) electrons. The van der Waals surface area contributed by atoms with Crippen LogP contribution < -0.4 is 10.6 Å². The number of benzene rings is 1.